The van der Waals surface area contributed by atoms with Gasteiger partial charge in [-0.15, -0.1) is 0 Å². The van der Waals surface area contributed by atoms with Gasteiger partial charge in [0, 0.05) is 43.4 Å². The number of fused-ring (bicyclic) bond motifs is 1. The Morgan fingerprint density at radius 2 is 1.94 bits per heavy atom. The molecule has 0 atom stereocenters. The lowest BCUT2D eigenvalue weighted by molar-refractivity contribution is 0.0659. The van der Waals surface area contributed by atoms with Crippen molar-refractivity contribution in [2.24, 2.45) is 0 Å². The van der Waals surface area contributed by atoms with Crippen molar-refractivity contribution in [1.29, 1.82) is 0 Å². The summed E-state index contributed by atoms with van der Waals surface area (Å²) >= 11 is 0. The Morgan fingerprint density at radius 1 is 1.15 bits per heavy atom. The number of carbonyl (C=O) groups is 1. The number of piperazine rings is 1. The molecule has 0 aliphatic carbocycles. The molecular weight excluding hydrogens is 435 g/mol. The van der Waals surface area contributed by atoms with Gasteiger partial charge in [-0.05, 0) is 57.2 Å². The molecule has 0 unspecified atom stereocenters. The number of para-hydroxylation sites is 1. The molecule has 9 heteroatoms. The van der Waals surface area contributed by atoms with E-state index in [4.69, 9.17) is 4.74 Å². The normalized spacial score (nSPS) is 17.6. The van der Waals surface area contributed by atoms with Crippen molar-refractivity contribution in [2.45, 2.75) is 18.9 Å². The van der Waals surface area contributed by atoms with E-state index in [1.54, 1.807) is 17.2 Å². The van der Waals surface area contributed by atoms with Crippen molar-refractivity contribution >= 4 is 28.4 Å². The number of benzene rings is 2. The minimum absolute atomic E-state index is 0.0761. The number of likely N-dealkylation sites (N-methyl/N-ethyl adjacent to an activating group) is 1. The number of aromatic nitrogens is 2. The summed E-state index contributed by atoms with van der Waals surface area (Å²) in [7, 11) is 2.01. The van der Waals surface area contributed by atoms with E-state index in [1.807, 2.05) is 25.2 Å². The summed E-state index contributed by atoms with van der Waals surface area (Å²) < 4.78 is 21.1. The number of piperidine rings is 1. The number of amides is 1. The van der Waals surface area contributed by atoms with Gasteiger partial charge < -0.3 is 25.2 Å². The zero-order valence-corrected chi connectivity index (χ0v) is 19.3. The monoisotopic (exact) mass is 464 g/mol. The van der Waals surface area contributed by atoms with Crippen molar-refractivity contribution in [3.8, 4) is 5.75 Å². The van der Waals surface area contributed by atoms with Crippen molar-refractivity contribution < 1.29 is 13.9 Å². The maximum atomic E-state index is 14.8. The lowest BCUT2D eigenvalue weighted by Crippen LogP contribution is -2.47. The van der Waals surface area contributed by atoms with E-state index in [1.165, 1.54) is 12.1 Å². The van der Waals surface area contributed by atoms with Gasteiger partial charge >= 0.3 is 0 Å². The smallest absolute Gasteiger partial charge is 0.256 e. The highest BCUT2D eigenvalue weighted by Crippen LogP contribution is 2.27. The molecule has 8 nitrogen and oxygen atoms in total. The van der Waals surface area contributed by atoms with Crippen LogP contribution in [-0.4, -0.2) is 78.1 Å². The molecule has 1 amide bonds. The predicted octanol–water partition coefficient (Wildman–Crippen LogP) is 3.03. The molecule has 2 fully saturated rings. The molecule has 3 heterocycles. The molecule has 1 aromatic heterocycles. The van der Waals surface area contributed by atoms with Crippen molar-refractivity contribution in [3.63, 3.8) is 0 Å². The minimum Gasteiger partial charge on any atom is -0.488 e. The van der Waals surface area contributed by atoms with E-state index in [9.17, 15) is 9.18 Å². The van der Waals surface area contributed by atoms with Crippen molar-refractivity contribution in [3.05, 3.63) is 54.0 Å². The van der Waals surface area contributed by atoms with Crippen LogP contribution in [-0.2, 0) is 0 Å². The predicted molar refractivity (Wildman–Crippen MR) is 129 cm³/mol. The number of ether oxygens (including phenoxy) is 1. The molecule has 2 aliphatic rings. The van der Waals surface area contributed by atoms with E-state index >= 15 is 0 Å². The third-order valence-corrected chi connectivity index (χ3v) is 6.40. The van der Waals surface area contributed by atoms with Crippen LogP contribution in [0, 0.1) is 5.82 Å². The summed E-state index contributed by atoms with van der Waals surface area (Å²) in [5, 5.41) is 7.27. The van der Waals surface area contributed by atoms with Crippen LogP contribution in [0.1, 0.15) is 23.2 Å². The standard InChI is InChI=1S/C25H29FN6O2/c1-31-11-13-32(14-12-31)24(33)20-6-5-18(15-21(20)26)29-25-28-16-17-3-2-4-22(23(17)30-25)34-19-7-9-27-10-8-19/h2-6,15-16,19,27H,7-14H2,1H3,(H,28,29,30). The molecule has 0 bridgehead atoms. The van der Waals surface area contributed by atoms with E-state index < -0.39 is 5.82 Å². The van der Waals surface area contributed by atoms with E-state index in [2.05, 4.69) is 25.5 Å². The molecule has 0 saturated carbocycles. The average molecular weight is 465 g/mol. The molecule has 2 saturated heterocycles. The number of hydrogen-bond acceptors (Lipinski definition) is 7. The van der Waals surface area contributed by atoms with E-state index in [0.29, 0.717) is 36.0 Å². The van der Waals surface area contributed by atoms with Crippen molar-refractivity contribution in [1.82, 2.24) is 25.1 Å². The van der Waals surface area contributed by atoms with Gasteiger partial charge in [-0.1, -0.05) is 12.1 Å². The van der Waals surface area contributed by atoms with Gasteiger partial charge in [0.15, 0.2) is 0 Å². The fourth-order valence-corrected chi connectivity index (χ4v) is 4.35. The Balaban J connectivity index is 1.33. The Bertz CT molecular complexity index is 1180. The fourth-order valence-electron chi connectivity index (χ4n) is 4.35. The number of hydrogen-bond donors (Lipinski definition) is 2. The van der Waals surface area contributed by atoms with E-state index in [-0.39, 0.29) is 17.6 Å². The van der Waals surface area contributed by atoms with Crippen LogP contribution in [0.4, 0.5) is 16.0 Å². The lowest BCUT2D eigenvalue weighted by atomic mass is 10.1. The summed E-state index contributed by atoms with van der Waals surface area (Å²) in [5.41, 5.74) is 1.26. The molecular formula is C25H29FN6O2. The number of nitrogens with zero attached hydrogens (tertiary/aromatic N) is 4. The Labute approximate surface area is 198 Å². The first-order chi connectivity index (χ1) is 16.6. The van der Waals surface area contributed by atoms with Gasteiger partial charge in [-0.2, -0.15) is 0 Å². The van der Waals surface area contributed by atoms with Crippen LogP contribution in [0.15, 0.2) is 42.6 Å². The quantitative estimate of drug-likeness (QED) is 0.601. The van der Waals surface area contributed by atoms with Gasteiger partial charge in [-0.25, -0.2) is 14.4 Å². The number of carbonyl (C=O) groups excluding carboxylic acids is 1. The van der Waals surface area contributed by atoms with Gasteiger partial charge in [0.1, 0.15) is 23.2 Å². The summed E-state index contributed by atoms with van der Waals surface area (Å²) in [5.74, 6) is 0.212. The summed E-state index contributed by atoms with van der Waals surface area (Å²) in [6.45, 7) is 4.65. The zero-order valence-electron chi connectivity index (χ0n) is 19.3. The Kier molecular flexibility index (Phi) is 6.55. The molecule has 178 valence electrons. The van der Waals surface area contributed by atoms with Crippen molar-refractivity contribution in [2.75, 3.05) is 51.6 Å². The summed E-state index contributed by atoms with van der Waals surface area (Å²) in [4.78, 5) is 25.6. The Hall–Kier alpha value is -3.30. The number of nitrogens with one attached hydrogen (secondary N) is 2. The first-order valence-electron chi connectivity index (χ1n) is 11.7. The lowest BCUT2D eigenvalue weighted by Gasteiger charge is -2.32. The molecule has 2 aromatic carbocycles. The molecule has 5 rings (SSSR count). The van der Waals surface area contributed by atoms with Crippen LogP contribution in [0.3, 0.4) is 0 Å². The van der Waals surface area contributed by atoms with Crippen LogP contribution in [0.25, 0.3) is 10.9 Å². The maximum absolute atomic E-state index is 14.8. The molecule has 3 aromatic rings. The third-order valence-electron chi connectivity index (χ3n) is 6.40. The van der Waals surface area contributed by atoms with Gasteiger partial charge in [0.05, 0.1) is 5.56 Å². The molecule has 0 spiro atoms. The van der Waals surface area contributed by atoms with Crippen LogP contribution in [0.5, 0.6) is 5.75 Å². The molecule has 2 aliphatic heterocycles. The fraction of sp³-hybridized carbons (Fsp3) is 0.400. The highest BCUT2D eigenvalue weighted by Gasteiger charge is 2.23. The van der Waals surface area contributed by atoms with Crippen LogP contribution in [0.2, 0.25) is 0 Å². The summed E-state index contributed by atoms with van der Waals surface area (Å²) in [6, 6.07) is 10.3. The average Bonchev–Trinajstić information content (AvgIpc) is 2.85. The first-order valence-corrected chi connectivity index (χ1v) is 11.7. The SMILES string of the molecule is CN1CCN(C(=O)c2ccc(Nc3ncc4cccc(OC5CCNCC5)c4n3)cc2F)CC1. The third kappa shape index (κ3) is 4.95. The number of anilines is 2. The molecule has 34 heavy (non-hydrogen) atoms. The second-order valence-corrected chi connectivity index (χ2v) is 8.87. The van der Waals surface area contributed by atoms with Crippen LogP contribution < -0.4 is 15.4 Å². The van der Waals surface area contributed by atoms with E-state index in [0.717, 1.165) is 44.4 Å². The second kappa shape index (κ2) is 9.90. The molecule has 2 N–H and O–H groups in total. The maximum Gasteiger partial charge on any atom is 0.256 e. The Morgan fingerprint density at radius 3 is 2.71 bits per heavy atom. The number of halogens is 1. The molecule has 0 radical (unpaired) electrons. The first kappa shape index (κ1) is 22.5. The zero-order chi connectivity index (χ0) is 23.5. The van der Waals surface area contributed by atoms with Crippen LogP contribution >= 0.6 is 0 Å². The second-order valence-electron chi connectivity index (χ2n) is 8.87. The largest absolute Gasteiger partial charge is 0.488 e. The van der Waals surface area contributed by atoms with Gasteiger partial charge in [0.2, 0.25) is 5.95 Å². The van der Waals surface area contributed by atoms with Gasteiger partial charge in [0.25, 0.3) is 5.91 Å². The topological polar surface area (TPSA) is 82.6 Å². The summed E-state index contributed by atoms with van der Waals surface area (Å²) in [6.07, 6.45) is 3.77. The van der Waals surface area contributed by atoms with Gasteiger partial charge in [-0.3, -0.25) is 4.79 Å². The minimum atomic E-state index is -0.565. The number of rotatable bonds is 5. The highest BCUT2D eigenvalue weighted by atomic mass is 19.1. The highest BCUT2D eigenvalue weighted by molar-refractivity contribution is 5.95.